The second-order valence-electron chi connectivity index (χ2n) is 10.2. The molecule has 2 heteroatoms. The van der Waals surface area contributed by atoms with Gasteiger partial charge in [-0.3, -0.25) is 4.79 Å². The first-order valence-electron chi connectivity index (χ1n) is 9.94. The van der Waals surface area contributed by atoms with Gasteiger partial charge in [-0.25, -0.2) is 0 Å². The van der Waals surface area contributed by atoms with Gasteiger partial charge in [-0.2, -0.15) is 0 Å². The number of fused-ring (bicyclic) bond motifs is 5. The number of rotatable bonds is 0. The highest BCUT2D eigenvalue weighted by Crippen LogP contribution is 2.68. The Labute approximate surface area is 141 Å². The van der Waals surface area contributed by atoms with Crippen molar-refractivity contribution in [1.29, 1.82) is 0 Å². The van der Waals surface area contributed by atoms with Crippen LogP contribution in [0.2, 0.25) is 0 Å². The second kappa shape index (κ2) is 4.84. The zero-order chi connectivity index (χ0) is 16.6. The van der Waals surface area contributed by atoms with Gasteiger partial charge in [0.1, 0.15) is 5.78 Å². The second-order valence-corrected chi connectivity index (χ2v) is 10.2. The fourth-order valence-electron chi connectivity index (χ4n) is 7.65. The minimum atomic E-state index is -0.476. The van der Waals surface area contributed by atoms with Crippen LogP contribution in [0.3, 0.4) is 0 Å². The third-order valence-electron chi connectivity index (χ3n) is 9.37. The average Bonchev–Trinajstić information content (AvgIpc) is 2.71. The van der Waals surface area contributed by atoms with Crippen LogP contribution in [0.15, 0.2) is 0 Å². The van der Waals surface area contributed by atoms with Gasteiger partial charge in [0.2, 0.25) is 0 Å². The molecule has 4 aliphatic rings. The molecular weight excluding hydrogens is 284 g/mol. The average molecular weight is 319 g/mol. The maximum atomic E-state index is 12.2. The highest BCUT2D eigenvalue weighted by molar-refractivity contribution is 5.82. The molecule has 0 heterocycles. The molecule has 0 amide bonds. The van der Waals surface area contributed by atoms with Crippen molar-refractivity contribution in [1.82, 2.24) is 0 Å². The maximum absolute atomic E-state index is 12.2. The lowest BCUT2D eigenvalue weighted by Gasteiger charge is -2.61. The van der Waals surface area contributed by atoms with E-state index < -0.39 is 5.60 Å². The molecule has 0 saturated heterocycles. The third-order valence-corrected chi connectivity index (χ3v) is 9.37. The minimum Gasteiger partial charge on any atom is -0.390 e. The van der Waals surface area contributed by atoms with E-state index in [4.69, 9.17) is 0 Å². The first-order valence-corrected chi connectivity index (χ1v) is 9.94. The van der Waals surface area contributed by atoms with Crippen molar-refractivity contribution in [2.24, 2.45) is 40.4 Å². The van der Waals surface area contributed by atoms with Gasteiger partial charge in [-0.15, -0.1) is 0 Å². The largest absolute Gasteiger partial charge is 0.390 e. The monoisotopic (exact) mass is 318 g/mol. The molecule has 4 fully saturated rings. The first-order chi connectivity index (χ1) is 10.7. The van der Waals surface area contributed by atoms with E-state index in [0.717, 1.165) is 31.1 Å². The summed E-state index contributed by atoms with van der Waals surface area (Å²) in [4.78, 5) is 12.2. The van der Waals surface area contributed by atoms with Gasteiger partial charge in [-0.05, 0) is 86.4 Å². The quantitative estimate of drug-likeness (QED) is 0.709. The number of carbonyl (C=O) groups is 1. The summed E-state index contributed by atoms with van der Waals surface area (Å²) < 4.78 is 0. The predicted octanol–water partition coefficient (Wildman–Crippen LogP) is 4.60. The SMILES string of the molecule is C[C@@H]1C[C@@]2(C)[C@H](CC[C@@H]3[C@@H]2CC[C@@]2(C)[C@H]3CC[C@@]2(C)O)CC1=O. The van der Waals surface area contributed by atoms with E-state index in [9.17, 15) is 9.90 Å². The lowest BCUT2D eigenvalue weighted by Crippen LogP contribution is -2.56. The molecule has 0 aromatic heterocycles. The minimum absolute atomic E-state index is 0.119. The van der Waals surface area contributed by atoms with Gasteiger partial charge in [-0.1, -0.05) is 20.8 Å². The maximum Gasteiger partial charge on any atom is 0.136 e. The van der Waals surface area contributed by atoms with E-state index in [1.807, 2.05) is 0 Å². The summed E-state index contributed by atoms with van der Waals surface area (Å²) >= 11 is 0. The highest BCUT2D eigenvalue weighted by Gasteiger charge is 2.63. The standard InChI is InChI=1S/C21H34O2/c1-13-12-19(2)14(11-18(13)22)5-6-15-16(19)7-9-20(3)17(15)8-10-21(20,4)23/h13-17,23H,5-12H2,1-4H3/t13-,14-,15-,16+,17+,19+,20+,21-/m1/s1. The van der Waals surface area contributed by atoms with Crippen LogP contribution in [0.1, 0.15) is 79.1 Å². The van der Waals surface area contributed by atoms with Crippen molar-refractivity contribution in [3.05, 3.63) is 0 Å². The number of carbonyl (C=O) groups excluding carboxylic acids is 1. The molecule has 130 valence electrons. The first kappa shape index (κ1) is 16.1. The smallest absolute Gasteiger partial charge is 0.136 e. The Morgan fingerprint density at radius 3 is 2.43 bits per heavy atom. The van der Waals surface area contributed by atoms with Gasteiger partial charge in [0.15, 0.2) is 0 Å². The van der Waals surface area contributed by atoms with Gasteiger partial charge in [0, 0.05) is 12.3 Å². The Morgan fingerprint density at radius 2 is 1.70 bits per heavy atom. The molecule has 4 aliphatic carbocycles. The molecule has 0 aromatic rings. The molecule has 8 atom stereocenters. The number of Topliss-reactive ketones (excluding diaryl/α,β-unsaturated/α-hetero) is 1. The molecule has 0 radical (unpaired) electrons. The van der Waals surface area contributed by atoms with E-state index in [-0.39, 0.29) is 11.3 Å². The van der Waals surface area contributed by atoms with Crippen LogP contribution in [0.4, 0.5) is 0 Å². The van der Waals surface area contributed by atoms with E-state index in [0.29, 0.717) is 23.0 Å². The summed E-state index contributed by atoms with van der Waals surface area (Å²) in [6.07, 6.45) is 9.11. The van der Waals surface area contributed by atoms with Crippen LogP contribution in [-0.2, 0) is 4.79 Å². The Kier molecular flexibility index (Phi) is 3.39. The Bertz CT molecular complexity index is 524. The predicted molar refractivity (Wildman–Crippen MR) is 91.9 cm³/mol. The third kappa shape index (κ3) is 2.00. The van der Waals surface area contributed by atoms with Crippen molar-refractivity contribution in [2.75, 3.05) is 0 Å². The molecule has 0 aromatic carbocycles. The Morgan fingerprint density at radius 1 is 1.00 bits per heavy atom. The Balaban J connectivity index is 1.66. The number of hydrogen-bond donors (Lipinski definition) is 1. The molecule has 0 unspecified atom stereocenters. The van der Waals surface area contributed by atoms with E-state index in [1.54, 1.807) is 0 Å². The van der Waals surface area contributed by atoms with Crippen LogP contribution in [0.5, 0.6) is 0 Å². The summed E-state index contributed by atoms with van der Waals surface area (Å²) in [5, 5.41) is 11.0. The summed E-state index contributed by atoms with van der Waals surface area (Å²) in [6.45, 7) is 9.11. The fourth-order valence-corrected chi connectivity index (χ4v) is 7.65. The number of ketones is 1. The fraction of sp³-hybridized carbons (Fsp3) is 0.952. The van der Waals surface area contributed by atoms with Crippen LogP contribution < -0.4 is 0 Å². The molecule has 0 bridgehead atoms. The summed E-state index contributed by atoms with van der Waals surface area (Å²) in [6, 6.07) is 0. The zero-order valence-electron chi connectivity index (χ0n) is 15.4. The van der Waals surface area contributed by atoms with E-state index in [2.05, 4.69) is 27.7 Å². The lowest BCUT2D eigenvalue weighted by molar-refractivity contribution is -0.158. The molecule has 2 nitrogen and oxygen atoms in total. The Hall–Kier alpha value is -0.370. The molecular formula is C21H34O2. The van der Waals surface area contributed by atoms with Crippen LogP contribution in [0, 0.1) is 40.4 Å². The molecule has 0 aliphatic heterocycles. The van der Waals surface area contributed by atoms with Crippen molar-refractivity contribution in [2.45, 2.75) is 84.7 Å². The number of hydrogen-bond acceptors (Lipinski definition) is 2. The summed E-state index contributed by atoms with van der Waals surface area (Å²) in [7, 11) is 0. The molecule has 23 heavy (non-hydrogen) atoms. The van der Waals surface area contributed by atoms with Crippen molar-refractivity contribution >= 4 is 5.78 Å². The van der Waals surface area contributed by atoms with Crippen LogP contribution >= 0.6 is 0 Å². The van der Waals surface area contributed by atoms with Gasteiger partial charge < -0.3 is 5.11 Å². The lowest BCUT2D eigenvalue weighted by atomic mass is 9.44. The highest BCUT2D eigenvalue weighted by atomic mass is 16.3. The van der Waals surface area contributed by atoms with Crippen molar-refractivity contribution in [3.63, 3.8) is 0 Å². The normalized spacial score (nSPS) is 59.2. The zero-order valence-corrected chi connectivity index (χ0v) is 15.4. The van der Waals surface area contributed by atoms with Crippen LogP contribution in [-0.4, -0.2) is 16.5 Å². The van der Waals surface area contributed by atoms with Crippen molar-refractivity contribution in [3.8, 4) is 0 Å². The molecule has 0 spiro atoms. The summed E-state index contributed by atoms with van der Waals surface area (Å²) in [5.41, 5.74) is 0.00962. The summed E-state index contributed by atoms with van der Waals surface area (Å²) in [5.74, 6) is 3.65. The molecule has 4 saturated carbocycles. The topological polar surface area (TPSA) is 37.3 Å². The van der Waals surface area contributed by atoms with E-state index in [1.165, 1.54) is 32.1 Å². The number of aliphatic hydroxyl groups is 1. The van der Waals surface area contributed by atoms with Gasteiger partial charge >= 0.3 is 0 Å². The van der Waals surface area contributed by atoms with Gasteiger partial charge in [0.05, 0.1) is 5.60 Å². The molecule has 1 N–H and O–H groups in total. The van der Waals surface area contributed by atoms with Gasteiger partial charge in [0.25, 0.3) is 0 Å². The molecule has 4 rings (SSSR count). The van der Waals surface area contributed by atoms with Crippen LogP contribution in [0.25, 0.3) is 0 Å². The van der Waals surface area contributed by atoms with E-state index >= 15 is 0 Å². The van der Waals surface area contributed by atoms with Crippen molar-refractivity contribution < 1.29 is 9.90 Å².